The molecule has 0 aliphatic heterocycles. The third kappa shape index (κ3) is 3.20. The third-order valence-electron chi connectivity index (χ3n) is 3.35. The van der Waals surface area contributed by atoms with Gasteiger partial charge in [-0.3, -0.25) is 0 Å². The summed E-state index contributed by atoms with van der Waals surface area (Å²) in [5.74, 6) is 1.68. The maximum atomic E-state index is 6.00. The van der Waals surface area contributed by atoms with Crippen LogP contribution in [0.3, 0.4) is 0 Å². The van der Waals surface area contributed by atoms with Crippen molar-refractivity contribution in [3.05, 3.63) is 65.4 Å². The summed E-state index contributed by atoms with van der Waals surface area (Å²) >= 11 is 6.00. The average Bonchev–Trinajstić information content (AvgIpc) is 2.92. The van der Waals surface area contributed by atoms with Crippen molar-refractivity contribution in [2.75, 3.05) is 13.7 Å². The van der Waals surface area contributed by atoms with E-state index in [0.29, 0.717) is 11.6 Å². The Morgan fingerprint density at radius 2 is 1.95 bits per heavy atom. The van der Waals surface area contributed by atoms with E-state index in [1.54, 1.807) is 0 Å². The van der Waals surface area contributed by atoms with Gasteiger partial charge in [0, 0.05) is 10.4 Å². The number of nitrogens with one attached hydrogen (secondary N) is 1. The zero-order valence-corrected chi connectivity index (χ0v) is 12.4. The lowest BCUT2D eigenvalue weighted by molar-refractivity contribution is 0.256. The van der Waals surface area contributed by atoms with Crippen molar-refractivity contribution in [2.24, 2.45) is 0 Å². The molecule has 1 aromatic heterocycles. The summed E-state index contributed by atoms with van der Waals surface area (Å²) < 4.78 is 11.6. The summed E-state index contributed by atoms with van der Waals surface area (Å²) in [6.45, 7) is 0.494. The number of benzene rings is 2. The van der Waals surface area contributed by atoms with Gasteiger partial charge in [0.15, 0.2) is 0 Å². The second-order valence-electron chi connectivity index (χ2n) is 4.80. The summed E-state index contributed by atoms with van der Waals surface area (Å²) in [4.78, 5) is 0. The summed E-state index contributed by atoms with van der Waals surface area (Å²) in [6.07, 6.45) is 0. The van der Waals surface area contributed by atoms with E-state index < -0.39 is 0 Å². The molecule has 2 aromatic carbocycles. The maximum absolute atomic E-state index is 6.00. The van der Waals surface area contributed by atoms with Gasteiger partial charge in [0.1, 0.15) is 23.7 Å². The highest BCUT2D eigenvalue weighted by Crippen LogP contribution is 2.26. The SMILES string of the molecule is CNC(COc1ccccc1)c1cc2cc(Cl)ccc2o1. The predicted octanol–water partition coefficient (Wildman–Crippen LogP) is 4.43. The van der Waals surface area contributed by atoms with E-state index in [0.717, 1.165) is 22.5 Å². The van der Waals surface area contributed by atoms with E-state index in [1.807, 2.05) is 61.6 Å². The smallest absolute Gasteiger partial charge is 0.134 e. The van der Waals surface area contributed by atoms with Gasteiger partial charge in [0.05, 0.1) is 6.04 Å². The van der Waals surface area contributed by atoms with Gasteiger partial charge in [-0.2, -0.15) is 0 Å². The van der Waals surface area contributed by atoms with Gasteiger partial charge in [-0.15, -0.1) is 0 Å². The summed E-state index contributed by atoms with van der Waals surface area (Å²) in [5.41, 5.74) is 0.828. The van der Waals surface area contributed by atoms with Crippen molar-refractivity contribution >= 4 is 22.6 Å². The Bertz CT molecular complexity index is 724. The molecule has 0 spiro atoms. The van der Waals surface area contributed by atoms with E-state index in [-0.39, 0.29) is 6.04 Å². The van der Waals surface area contributed by atoms with Crippen molar-refractivity contribution in [3.63, 3.8) is 0 Å². The van der Waals surface area contributed by atoms with Crippen LogP contribution in [0.2, 0.25) is 5.02 Å². The molecule has 1 N–H and O–H groups in total. The monoisotopic (exact) mass is 301 g/mol. The van der Waals surface area contributed by atoms with Crippen LogP contribution in [0.15, 0.2) is 59.0 Å². The van der Waals surface area contributed by atoms with Crippen LogP contribution in [-0.4, -0.2) is 13.7 Å². The van der Waals surface area contributed by atoms with Crippen molar-refractivity contribution in [1.82, 2.24) is 5.32 Å². The Morgan fingerprint density at radius 1 is 1.14 bits per heavy atom. The molecule has 3 aromatic rings. The molecule has 0 saturated heterocycles. The zero-order valence-electron chi connectivity index (χ0n) is 11.7. The van der Waals surface area contributed by atoms with E-state index in [2.05, 4.69) is 5.32 Å². The minimum Gasteiger partial charge on any atom is -0.491 e. The zero-order chi connectivity index (χ0) is 14.7. The van der Waals surface area contributed by atoms with Crippen molar-refractivity contribution in [1.29, 1.82) is 0 Å². The molecule has 1 unspecified atom stereocenters. The van der Waals surface area contributed by atoms with Crippen LogP contribution in [0.25, 0.3) is 11.0 Å². The van der Waals surface area contributed by atoms with Crippen molar-refractivity contribution in [2.45, 2.75) is 6.04 Å². The Labute approximate surface area is 128 Å². The minimum absolute atomic E-state index is 0.0172. The van der Waals surface area contributed by atoms with E-state index in [1.165, 1.54) is 0 Å². The molecule has 3 nitrogen and oxygen atoms in total. The molecule has 21 heavy (non-hydrogen) atoms. The number of likely N-dealkylation sites (N-methyl/N-ethyl adjacent to an activating group) is 1. The molecule has 0 amide bonds. The topological polar surface area (TPSA) is 34.4 Å². The molecule has 3 rings (SSSR count). The Morgan fingerprint density at radius 3 is 2.71 bits per heavy atom. The van der Waals surface area contributed by atoms with Crippen LogP contribution in [0.1, 0.15) is 11.8 Å². The van der Waals surface area contributed by atoms with E-state index in [9.17, 15) is 0 Å². The molecular weight excluding hydrogens is 286 g/mol. The molecule has 0 aliphatic rings. The van der Waals surface area contributed by atoms with E-state index in [4.69, 9.17) is 20.8 Å². The average molecular weight is 302 g/mol. The highest BCUT2D eigenvalue weighted by Gasteiger charge is 2.15. The Balaban J connectivity index is 1.78. The highest BCUT2D eigenvalue weighted by molar-refractivity contribution is 6.31. The highest BCUT2D eigenvalue weighted by atomic mass is 35.5. The fourth-order valence-electron chi connectivity index (χ4n) is 2.21. The third-order valence-corrected chi connectivity index (χ3v) is 3.58. The van der Waals surface area contributed by atoms with Gasteiger partial charge in [0.25, 0.3) is 0 Å². The fourth-order valence-corrected chi connectivity index (χ4v) is 2.39. The molecule has 0 bridgehead atoms. The first-order chi connectivity index (χ1) is 10.3. The number of fused-ring (bicyclic) bond motifs is 1. The van der Waals surface area contributed by atoms with Crippen LogP contribution in [0.5, 0.6) is 5.75 Å². The largest absolute Gasteiger partial charge is 0.491 e. The Hall–Kier alpha value is -1.97. The standard InChI is InChI=1S/C17H16ClNO2/c1-19-15(11-20-14-5-3-2-4-6-14)17-10-12-9-13(18)7-8-16(12)21-17/h2-10,15,19H,11H2,1H3. The molecule has 4 heteroatoms. The lowest BCUT2D eigenvalue weighted by Crippen LogP contribution is -2.22. The van der Waals surface area contributed by atoms with Gasteiger partial charge in [-0.25, -0.2) is 0 Å². The summed E-state index contributed by atoms with van der Waals surface area (Å²) in [7, 11) is 1.89. The van der Waals surface area contributed by atoms with Gasteiger partial charge in [-0.1, -0.05) is 29.8 Å². The van der Waals surface area contributed by atoms with Crippen LogP contribution in [0.4, 0.5) is 0 Å². The first-order valence-corrected chi connectivity index (χ1v) is 7.18. The molecule has 0 saturated carbocycles. The summed E-state index contributed by atoms with van der Waals surface area (Å²) in [6, 6.07) is 17.3. The van der Waals surface area contributed by atoms with Crippen LogP contribution >= 0.6 is 11.6 Å². The molecule has 0 aliphatic carbocycles. The predicted molar refractivity (Wildman–Crippen MR) is 85.0 cm³/mol. The molecular formula is C17H16ClNO2. The van der Waals surface area contributed by atoms with Crippen molar-refractivity contribution < 1.29 is 9.15 Å². The van der Waals surface area contributed by atoms with E-state index >= 15 is 0 Å². The molecule has 1 atom stereocenters. The van der Waals surface area contributed by atoms with Gasteiger partial charge in [0.2, 0.25) is 0 Å². The number of hydrogen-bond donors (Lipinski definition) is 1. The second kappa shape index (κ2) is 6.20. The number of para-hydroxylation sites is 1. The number of furan rings is 1. The van der Waals surface area contributed by atoms with Gasteiger partial charge in [-0.05, 0) is 43.4 Å². The maximum Gasteiger partial charge on any atom is 0.134 e. The van der Waals surface area contributed by atoms with Crippen LogP contribution < -0.4 is 10.1 Å². The fraction of sp³-hybridized carbons (Fsp3) is 0.176. The Kier molecular flexibility index (Phi) is 4.13. The lowest BCUT2D eigenvalue weighted by atomic mass is 10.2. The van der Waals surface area contributed by atoms with Crippen LogP contribution in [-0.2, 0) is 0 Å². The second-order valence-corrected chi connectivity index (χ2v) is 5.23. The lowest BCUT2D eigenvalue weighted by Gasteiger charge is -2.14. The molecule has 0 fully saturated rings. The quantitative estimate of drug-likeness (QED) is 0.757. The minimum atomic E-state index is -0.0172. The number of rotatable bonds is 5. The summed E-state index contributed by atoms with van der Waals surface area (Å²) in [5, 5.41) is 4.92. The molecule has 0 radical (unpaired) electrons. The first kappa shape index (κ1) is 14.0. The number of hydrogen-bond acceptors (Lipinski definition) is 3. The molecule has 108 valence electrons. The molecule has 1 heterocycles. The van der Waals surface area contributed by atoms with Crippen LogP contribution in [0, 0.1) is 0 Å². The normalized spacial score (nSPS) is 12.5. The first-order valence-electron chi connectivity index (χ1n) is 6.80. The van der Waals surface area contributed by atoms with Gasteiger partial charge >= 0.3 is 0 Å². The number of ether oxygens (including phenoxy) is 1. The number of halogens is 1. The van der Waals surface area contributed by atoms with Gasteiger partial charge < -0.3 is 14.5 Å². The van der Waals surface area contributed by atoms with Crippen molar-refractivity contribution in [3.8, 4) is 5.75 Å².